The van der Waals surface area contributed by atoms with Crippen LogP contribution in [0.5, 0.6) is 0 Å². The van der Waals surface area contributed by atoms with Crippen LogP contribution in [-0.4, -0.2) is 39.1 Å². The van der Waals surface area contributed by atoms with Crippen LogP contribution >= 0.6 is 7.37 Å². The summed E-state index contributed by atoms with van der Waals surface area (Å²) in [4.78, 5) is 11.5. The molecule has 0 heterocycles. The minimum absolute atomic E-state index is 0.0402. The Hall–Kier alpha value is -0.800. The number of nitrogens with one attached hydrogen (secondary N) is 2. The molecule has 2 N–H and O–H groups in total. The molecule has 26 heavy (non-hydrogen) atoms. The van der Waals surface area contributed by atoms with E-state index in [2.05, 4.69) is 29.7 Å². The van der Waals surface area contributed by atoms with Gasteiger partial charge in [0, 0.05) is 33.0 Å². The van der Waals surface area contributed by atoms with Gasteiger partial charge in [0.1, 0.15) is 0 Å². The summed E-state index contributed by atoms with van der Waals surface area (Å²) in [5, 5.41) is 5.78. The molecule has 0 aromatic rings. The number of hydrogen-bond acceptors (Lipinski definition) is 3. The maximum Gasteiger partial charge on any atom is 0.314 e. The molecule has 0 aliphatic heterocycles. The summed E-state index contributed by atoms with van der Waals surface area (Å²) < 4.78 is 16.7. The molecule has 0 aromatic carbocycles. The lowest BCUT2D eigenvalue weighted by molar-refractivity contribution is 0.240. The summed E-state index contributed by atoms with van der Waals surface area (Å²) in [5.74, 6) is 0. The van der Waals surface area contributed by atoms with Crippen molar-refractivity contribution >= 4 is 13.4 Å². The molecule has 2 amide bonds. The van der Waals surface area contributed by atoms with E-state index in [1.807, 2.05) is 0 Å². The van der Waals surface area contributed by atoms with Gasteiger partial charge in [0.05, 0.1) is 0 Å². The van der Waals surface area contributed by atoms with Crippen molar-refractivity contribution in [2.45, 2.75) is 77.6 Å². The molecule has 0 radical (unpaired) electrons. The minimum Gasteiger partial charge on any atom is -0.338 e. The molecule has 0 saturated carbocycles. The van der Waals surface area contributed by atoms with Crippen molar-refractivity contribution in [3.05, 3.63) is 12.2 Å². The summed E-state index contributed by atoms with van der Waals surface area (Å²) in [6.07, 6.45) is 17.4. The van der Waals surface area contributed by atoms with Crippen molar-refractivity contribution in [1.82, 2.24) is 10.6 Å². The smallest absolute Gasteiger partial charge is 0.314 e. The molecular weight excluding hydrogens is 347 g/mol. The number of carbonyl (C=O) groups excluding carboxylic acids is 1. The first-order valence-electron chi connectivity index (χ1n) is 10.3. The van der Waals surface area contributed by atoms with Gasteiger partial charge in [-0.05, 0) is 44.9 Å². The molecule has 154 valence electrons. The SMILES string of the molecule is CCCCCNC(=O)NCCCC/C=C\CCCCCCP(C)(=O)OC. The minimum atomic E-state index is -2.31. The third-order valence-corrected chi connectivity index (χ3v) is 6.29. The Labute approximate surface area is 161 Å². The summed E-state index contributed by atoms with van der Waals surface area (Å²) in [7, 11) is -0.780. The molecule has 1 atom stereocenters. The van der Waals surface area contributed by atoms with Crippen molar-refractivity contribution in [1.29, 1.82) is 0 Å². The number of hydrogen-bond donors (Lipinski definition) is 2. The van der Waals surface area contributed by atoms with Crippen LogP contribution in [0.4, 0.5) is 4.79 Å². The molecule has 0 aromatic heterocycles. The first kappa shape index (κ1) is 25.2. The van der Waals surface area contributed by atoms with Gasteiger partial charge in [-0.25, -0.2) is 4.79 Å². The average molecular weight is 389 g/mol. The van der Waals surface area contributed by atoms with Gasteiger partial charge in [-0.2, -0.15) is 0 Å². The Morgan fingerprint density at radius 2 is 1.42 bits per heavy atom. The fourth-order valence-corrected chi connectivity index (χ4v) is 3.55. The van der Waals surface area contributed by atoms with Gasteiger partial charge in [0.25, 0.3) is 0 Å². The van der Waals surface area contributed by atoms with E-state index < -0.39 is 7.37 Å². The molecule has 6 heteroatoms. The van der Waals surface area contributed by atoms with E-state index in [0.717, 1.165) is 58.0 Å². The highest BCUT2D eigenvalue weighted by molar-refractivity contribution is 7.58. The summed E-state index contributed by atoms with van der Waals surface area (Å²) in [5.41, 5.74) is 0. The van der Waals surface area contributed by atoms with E-state index in [0.29, 0.717) is 6.16 Å². The van der Waals surface area contributed by atoms with Gasteiger partial charge in [-0.1, -0.05) is 44.8 Å². The predicted octanol–water partition coefficient (Wildman–Crippen LogP) is 5.71. The summed E-state index contributed by atoms with van der Waals surface area (Å²) >= 11 is 0. The van der Waals surface area contributed by atoms with Crippen molar-refractivity contribution < 1.29 is 13.9 Å². The van der Waals surface area contributed by atoms with Crippen LogP contribution < -0.4 is 10.6 Å². The highest BCUT2D eigenvalue weighted by Crippen LogP contribution is 2.42. The van der Waals surface area contributed by atoms with E-state index in [-0.39, 0.29) is 6.03 Å². The maximum atomic E-state index is 11.7. The molecule has 0 fully saturated rings. The van der Waals surface area contributed by atoms with Gasteiger partial charge < -0.3 is 15.2 Å². The highest BCUT2D eigenvalue weighted by atomic mass is 31.2. The second kappa shape index (κ2) is 17.6. The van der Waals surface area contributed by atoms with Gasteiger partial charge in [0.2, 0.25) is 0 Å². The van der Waals surface area contributed by atoms with Gasteiger partial charge in [-0.15, -0.1) is 0 Å². The van der Waals surface area contributed by atoms with E-state index in [4.69, 9.17) is 4.52 Å². The van der Waals surface area contributed by atoms with Crippen molar-refractivity contribution in [2.24, 2.45) is 0 Å². The predicted molar refractivity (Wildman–Crippen MR) is 112 cm³/mol. The van der Waals surface area contributed by atoms with Crippen molar-refractivity contribution in [3.8, 4) is 0 Å². The lowest BCUT2D eigenvalue weighted by Gasteiger charge is -2.09. The Kier molecular flexibility index (Phi) is 17.1. The number of amides is 2. The second-order valence-corrected chi connectivity index (χ2v) is 9.82. The van der Waals surface area contributed by atoms with Crippen LogP contribution in [0.25, 0.3) is 0 Å². The van der Waals surface area contributed by atoms with E-state index in [1.165, 1.54) is 32.8 Å². The van der Waals surface area contributed by atoms with Crippen LogP contribution in [0.1, 0.15) is 77.6 Å². The third-order valence-electron chi connectivity index (χ3n) is 4.39. The molecule has 0 saturated heterocycles. The quantitative estimate of drug-likeness (QED) is 0.191. The Bertz CT molecular complexity index is 414. The molecule has 1 unspecified atom stereocenters. The van der Waals surface area contributed by atoms with Crippen LogP contribution in [0.2, 0.25) is 0 Å². The molecule has 0 bridgehead atoms. The van der Waals surface area contributed by atoms with Gasteiger partial charge in [0.15, 0.2) is 7.37 Å². The number of carbonyl (C=O) groups is 1. The summed E-state index contributed by atoms with van der Waals surface area (Å²) in [6.45, 7) is 5.39. The Morgan fingerprint density at radius 1 is 0.885 bits per heavy atom. The van der Waals surface area contributed by atoms with Gasteiger partial charge >= 0.3 is 6.03 Å². The molecule has 0 spiro atoms. The molecule has 0 aliphatic rings. The van der Waals surface area contributed by atoms with Crippen LogP contribution in [-0.2, 0) is 9.09 Å². The number of rotatable bonds is 17. The molecular formula is C20H41N2O3P. The Morgan fingerprint density at radius 3 is 2.00 bits per heavy atom. The zero-order valence-electron chi connectivity index (χ0n) is 17.2. The van der Waals surface area contributed by atoms with E-state index >= 15 is 0 Å². The molecule has 5 nitrogen and oxygen atoms in total. The molecule has 0 rings (SSSR count). The maximum absolute atomic E-state index is 11.7. The van der Waals surface area contributed by atoms with Gasteiger partial charge in [-0.3, -0.25) is 4.57 Å². The second-order valence-electron chi connectivity index (χ2n) is 6.98. The van der Waals surface area contributed by atoms with E-state index in [1.54, 1.807) is 6.66 Å². The van der Waals surface area contributed by atoms with Crippen molar-refractivity contribution in [2.75, 3.05) is 33.0 Å². The zero-order chi connectivity index (χ0) is 19.5. The Balaban J connectivity index is 3.31. The fraction of sp³-hybridized carbons (Fsp3) is 0.850. The molecule has 0 aliphatic carbocycles. The number of urea groups is 1. The van der Waals surface area contributed by atoms with Crippen LogP contribution in [0.3, 0.4) is 0 Å². The fourth-order valence-electron chi connectivity index (χ4n) is 2.57. The third kappa shape index (κ3) is 18.0. The highest BCUT2D eigenvalue weighted by Gasteiger charge is 2.11. The standard InChI is InChI=1S/C20H41N2O3P/c1-4-5-14-17-21-20(23)22-18-15-12-10-8-6-7-9-11-13-16-19-26(3,24)25-2/h6,8H,4-5,7,9-19H2,1-3H3,(H2,21,22,23)/b8-6-. The zero-order valence-corrected chi connectivity index (χ0v) is 18.1. The first-order valence-corrected chi connectivity index (χ1v) is 12.6. The van der Waals surface area contributed by atoms with Crippen LogP contribution in [0, 0.1) is 0 Å². The van der Waals surface area contributed by atoms with E-state index in [9.17, 15) is 9.36 Å². The van der Waals surface area contributed by atoms with Crippen molar-refractivity contribution in [3.63, 3.8) is 0 Å². The summed E-state index contributed by atoms with van der Waals surface area (Å²) in [6, 6.07) is -0.0402. The largest absolute Gasteiger partial charge is 0.338 e. The number of allylic oxidation sites excluding steroid dienone is 2. The lowest BCUT2D eigenvalue weighted by atomic mass is 10.1. The average Bonchev–Trinajstić information content (AvgIpc) is 2.62. The monoisotopic (exact) mass is 388 g/mol. The normalized spacial score (nSPS) is 13.7. The van der Waals surface area contributed by atoms with Crippen LogP contribution in [0.15, 0.2) is 12.2 Å². The lowest BCUT2D eigenvalue weighted by Crippen LogP contribution is -2.36. The topological polar surface area (TPSA) is 67.4 Å². The number of unbranched alkanes of at least 4 members (excludes halogenated alkanes) is 8. The first-order chi connectivity index (χ1) is 12.5.